The first-order valence-electron chi connectivity index (χ1n) is 9.69. The van der Waals surface area contributed by atoms with Gasteiger partial charge in [-0.15, -0.1) is 11.8 Å². The van der Waals surface area contributed by atoms with E-state index < -0.39 is 5.97 Å². The van der Waals surface area contributed by atoms with Crippen molar-refractivity contribution in [3.8, 4) is 5.75 Å². The number of rotatable bonds is 11. The molecule has 0 aliphatic carbocycles. The molecule has 2 N–H and O–H groups in total. The first-order valence-corrected chi connectivity index (χ1v) is 10.8. The average molecular weight is 431 g/mol. The van der Waals surface area contributed by atoms with Crippen molar-refractivity contribution >= 4 is 40.9 Å². The molecule has 30 heavy (non-hydrogen) atoms. The molecule has 8 heteroatoms. The summed E-state index contributed by atoms with van der Waals surface area (Å²) < 4.78 is 10.4. The van der Waals surface area contributed by atoms with Gasteiger partial charge in [-0.2, -0.15) is 0 Å². The van der Waals surface area contributed by atoms with Gasteiger partial charge in [-0.25, -0.2) is 4.79 Å². The topological polar surface area (TPSA) is 93.7 Å². The summed E-state index contributed by atoms with van der Waals surface area (Å²) in [5.74, 6) is 0.119. The van der Waals surface area contributed by atoms with Crippen LogP contribution < -0.4 is 15.4 Å². The maximum absolute atomic E-state index is 12.1. The van der Waals surface area contributed by atoms with Gasteiger partial charge in [0.05, 0.1) is 30.3 Å². The monoisotopic (exact) mass is 430 g/mol. The lowest BCUT2D eigenvalue weighted by Crippen LogP contribution is -2.18. The highest BCUT2D eigenvalue weighted by atomic mass is 32.2. The third-order valence-electron chi connectivity index (χ3n) is 3.73. The van der Waals surface area contributed by atoms with Crippen molar-refractivity contribution in [2.45, 2.75) is 20.3 Å². The van der Waals surface area contributed by atoms with E-state index in [1.807, 2.05) is 13.8 Å². The minimum absolute atomic E-state index is 0.112. The van der Waals surface area contributed by atoms with E-state index in [2.05, 4.69) is 10.6 Å². The SMILES string of the molecule is CCCOC(=O)c1cccc(NC(=O)CSCC(=O)Nc2ccc(OCC)cc2)c1. The van der Waals surface area contributed by atoms with Gasteiger partial charge in [0.1, 0.15) is 5.75 Å². The average Bonchev–Trinajstić information content (AvgIpc) is 2.73. The van der Waals surface area contributed by atoms with Crippen molar-refractivity contribution in [3.05, 3.63) is 54.1 Å². The Labute approximate surface area is 180 Å². The van der Waals surface area contributed by atoms with Crippen LogP contribution in [0.2, 0.25) is 0 Å². The summed E-state index contributed by atoms with van der Waals surface area (Å²) in [4.78, 5) is 36.0. The van der Waals surface area contributed by atoms with Crippen molar-refractivity contribution in [1.29, 1.82) is 0 Å². The zero-order valence-electron chi connectivity index (χ0n) is 17.1. The Bertz CT molecular complexity index is 855. The molecule has 2 aromatic carbocycles. The molecule has 2 aromatic rings. The molecule has 0 saturated heterocycles. The van der Waals surface area contributed by atoms with Crippen LogP contribution in [0, 0.1) is 0 Å². The summed E-state index contributed by atoms with van der Waals surface area (Å²) in [5, 5.41) is 5.49. The number of anilines is 2. The zero-order valence-corrected chi connectivity index (χ0v) is 17.9. The number of carbonyl (C=O) groups excluding carboxylic acids is 3. The smallest absolute Gasteiger partial charge is 0.338 e. The predicted molar refractivity (Wildman–Crippen MR) is 119 cm³/mol. The van der Waals surface area contributed by atoms with Gasteiger partial charge in [-0.1, -0.05) is 13.0 Å². The number of ether oxygens (including phenoxy) is 2. The number of esters is 1. The van der Waals surface area contributed by atoms with E-state index in [-0.39, 0.29) is 23.3 Å². The summed E-state index contributed by atoms with van der Waals surface area (Å²) in [6.45, 7) is 4.75. The number of carbonyl (C=O) groups is 3. The molecule has 0 aromatic heterocycles. The third kappa shape index (κ3) is 8.16. The molecule has 0 fully saturated rings. The van der Waals surface area contributed by atoms with Crippen LogP contribution in [-0.2, 0) is 14.3 Å². The van der Waals surface area contributed by atoms with Crippen LogP contribution in [0.15, 0.2) is 48.5 Å². The molecule has 0 bridgehead atoms. The second-order valence-electron chi connectivity index (χ2n) is 6.26. The molecule has 2 rings (SSSR count). The Morgan fingerprint density at radius 1 is 0.900 bits per heavy atom. The maximum atomic E-state index is 12.1. The molecular formula is C22H26N2O5S. The fraction of sp³-hybridized carbons (Fsp3) is 0.318. The van der Waals surface area contributed by atoms with Crippen LogP contribution in [0.4, 0.5) is 11.4 Å². The van der Waals surface area contributed by atoms with Crippen LogP contribution in [0.1, 0.15) is 30.6 Å². The number of thioether (sulfide) groups is 1. The van der Waals surface area contributed by atoms with Crippen LogP contribution in [-0.4, -0.2) is 42.5 Å². The Morgan fingerprint density at radius 3 is 2.20 bits per heavy atom. The minimum atomic E-state index is -0.423. The van der Waals surface area contributed by atoms with Gasteiger partial charge in [-0.05, 0) is 55.8 Å². The number of hydrogen-bond acceptors (Lipinski definition) is 6. The number of hydrogen-bond donors (Lipinski definition) is 2. The van der Waals surface area contributed by atoms with Crippen LogP contribution >= 0.6 is 11.8 Å². The largest absolute Gasteiger partial charge is 0.494 e. The van der Waals surface area contributed by atoms with E-state index in [0.29, 0.717) is 30.2 Å². The lowest BCUT2D eigenvalue weighted by Gasteiger charge is -2.08. The first-order chi connectivity index (χ1) is 14.5. The summed E-state index contributed by atoms with van der Waals surface area (Å²) >= 11 is 1.20. The molecule has 0 aliphatic heterocycles. The molecule has 0 spiro atoms. The normalized spacial score (nSPS) is 10.2. The quantitative estimate of drug-likeness (QED) is 0.524. The predicted octanol–water partition coefficient (Wildman–Crippen LogP) is 3.96. The summed E-state index contributed by atoms with van der Waals surface area (Å²) in [7, 11) is 0. The lowest BCUT2D eigenvalue weighted by atomic mass is 10.2. The summed E-state index contributed by atoms with van der Waals surface area (Å²) in [5.41, 5.74) is 1.55. The van der Waals surface area contributed by atoms with E-state index in [0.717, 1.165) is 12.2 Å². The van der Waals surface area contributed by atoms with E-state index in [9.17, 15) is 14.4 Å². The van der Waals surface area contributed by atoms with Crippen molar-refractivity contribution in [1.82, 2.24) is 0 Å². The minimum Gasteiger partial charge on any atom is -0.494 e. The number of amides is 2. The van der Waals surface area contributed by atoms with Gasteiger partial charge in [0.25, 0.3) is 0 Å². The fourth-order valence-corrected chi connectivity index (χ4v) is 3.05. The molecule has 0 saturated carbocycles. The molecule has 0 atom stereocenters. The van der Waals surface area contributed by atoms with E-state index in [1.165, 1.54) is 11.8 Å². The Kier molecular flexibility index (Phi) is 9.73. The van der Waals surface area contributed by atoms with Crippen LogP contribution in [0.25, 0.3) is 0 Å². The second kappa shape index (κ2) is 12.5. The maximum Gasteiger partial charge on any atom is 0.338 e. The van der Waals surface area contributed by atoms with Crippen molar-refractivity contribution in [3.63, 3.8) is 0 Å². The van der Waals surface area contributed by atoms with Gasteiger partial charge < -0.3 is 20.1 Å². The van der Waals surface area contributed by atoms with Gasteiger partial charge in [0, 0.05) is 11.4 Å². The standard InChI is InChI=1S/C22H26N2O5S/c1-3-12-29-22(27)16-6-5-7-18(13-16)24-21(26)15-30-14-20(25)23-17-8-10-19(11-9-17)28-4-2/h5-11,13H,3-4,12,14-15H2,1-2H3,(H,23,25)(H,24,26). The summed E-state index contributed by atoms with van der Waals surface area (Å²) in [6.07, 6.45) is 0.742. The summed E-state index contributed by atoms with van der Waals surface area (Å²) in [6, 6.07) is 13.7. The van der Waals surface area contributed by atoms with Crippen LogP contribution in [0.3, 0.4) is 0 Å². The highest BCUT2D eigenvalue weighted by Gasteiger charge is 2.10. The molecule has 0 radical (unpaired) electrons. The van der Waals surface area contributed by atoms with Crippen LogP contribution in [0.5, 0.6) is 5.75 Å². The highest BCUT2D eigenvalue weighted by molar-refractivity contribution is 8.00. The molecule has 0 aliphatic rings. The van der Waals surface area contributed by atoms with Gasteiger partial charge in [-0.3, -0.25) is 9.59 Å². The van der Waals surface area contributed by atoms with Crippen molar-refractivity contribution in [2.24, 2.45) is 0 Å². The van der Waals surface area contributed by atoms with Gasteiger partial charge >= 0.3 is 5.97 Å². The van der Waals surface area contributed by atoms with E-state index >= 15 is 0 Å². The lowest BCUT2D eigenvalue weighted by molar-refractivity contribution is -0.114. The van der Waals surface area contributed by atoms with Gasteiger partial charge in [0.2, 0.25) is 11.8 Å². The Balaban J connectivity index is 1.74. The Morgan fingerprint density at radius 2 is 1.57 bits per heavy atom. The molecule has 0 unspecified atom stereocenters. The van der Waals surface area contributed by atoms with Crippen molar-refractivity contribution < 1.29 is 23.9 Å². The molecule has 0 heterocycles. The van der Waals surface area contributed by atoms with E-state index in [4.69, 9.17) is 9.47 Å². The highest BCUT2D eigenvalue weighted by Crippen LogP contribution is 2.16. The fourth-order valence-electron chi connectivity index (χ4n) is 2.43. The molecule has 2 amide bonds. The number of benzene rings is 2. The van der Waals surface area contributed by atoms with Gasteiger partial charge in [0.15, 0.2) is 0 Å². The zero-order chi connectivity index (χ0) is 21.8. The molecule has 7 nitrogen and oxygen atoms in total. The third-order valence-corrected chi connectivity index (χ3v) is 4.67. The molecule has 160 valence electrons. The first kappa shape index (κ1) is 23.3. The van der Waals surface area contributed by atoms with Crippen molar-refractivity contribution in [2.75, 3.05) is 35.4 Å². The van der Waals surface area contributed by atoms with E-state index in [1.54, 1.807) is 48.5 Å². The molecular weight excluding hydrogens is 404 g/mol. The Hall–Kier alpha value is -3.00. The number of nitrogens with one attached hydrogen (secondary N) is 2. The second-order valence-corrected chi connectivity index (χ2v) is 7.25.